The Morgan fingerprint density at radius 3 is 2.16 bits per heavy atom. The smallest absolute Gasteiger partial charge is 0.0946 e. The van der Waals surface area contributed by atoms with Crippen LogP contribution in [0.25, 0.3) is 0 Å². The minimum atomic E-state index is 0.460. The first-order valence-corrected chi connectivity index (χ1v) is 10.4. The highest BCUT2D eigenvalue weighted by Crippen LogP contribution is 2.22. The fourth-order valence-corrected chi connectivity index (χ4v) is 3.77. The van der Waals surface area contributed by atoms with Crippen LogP contribution in [0.1, 0.15) is 71.9 Å². The first kappa shape index (κ1) is 20.4. The van der Waals surface area contributed by atoms with Crippen molar-refractivity contribution in [3.63, 3.8) is 0 Å². The van der Waals surface area contributed by atoms with Gasteiger partial charge in [0.1, 0.15) is 0 Å². The summed E-state index contributed by atoms with van der Waals surface area (Å²) in [7, 11) is 0. The SMILES string of the molecule is CC.CC1CCN(CC2CCN(Cn3cc(C(C)C)nn3)CC2)CC1. The van der Waals surface area contributed by atoms with E-state index >= 15 is 0 Å². The Hall–Kier alpha value is -0.940. The Kier molecular flexibility index (Phi) is 8.37. The number of piperidine rings is 2. The van der Waals surface area contributed by atoms with Crippen molar-refractivity contribution in [2.75, 3.05) is 32.7 Å². The van der Waals surface area contributed by atoms with Gasteiger partial charge in [-0.1, -0.05) is 39.8 Å². The number of hydrogen-bond acceptors (Lipinski definition) is 4. The summed E-state index contributed by atoms with van der Waals surface area (Å²) in [5, 5.41) is 8.53. The number of nitrogens with zero attached hydrogens (tertiary/aromatic N) is 5. The molecule has 2 aliphatic heterocycles. The topological polar surface area (TPSA) is 37.2 Å². The molecular weight excluding hydrogens is 310 g/mol. The van der Waals surface area contributed by atoms with Gasteiger partial charge < -0.3 is 4.90 Å². The Morgan fingerprint density at radius 2 is 1.60 bits per heavy atom. The molecule has 0 radical (unpaired) electrons. The van der Waals surface area contributed by atoms with Crippen LogP contribution in [0.4, 0.5) is 0 Å². The molecule has 0 N–H and O–H groups in total. The van der Waals surface area contributed by atoms with E-state index in [4.69, 9.17) is 0 Å². The van der Waals surface area contributed by atoms with E-state index < -0.39 is 0 Å². The molecule has 2 saturated heterocycles. The maximum absolute atomic E-state index is 4.27. The second-order valence-electron chi connectivity index (χ2n) is 8.02. The molecule has 5 nitrogen and oxygen atoms in total. The van der Waals surface area contributed by atoms with Gasteiger partial charge in [-0.3, -0.25) is 4.90 Å². The summed E-state index contributed by atoms with van der Waals surface area (Å²) >= 11 is 0. The molecule has 0 aliphatic carbocycles. The van der Waals surface area contributed by atoms with Crippen LogP contribution in [-0.2, 0) is 6.67 Å². The van der Waals surface area contributed by atoms with Crippen LogP contribution in [0.5, 0.6) is 0 Å². The monoisotopic (exact) mass is 349 g/mol. The molecule has 0 spiro atoms. The lowest BCUT2D eigenvalue weighted by Gasteiger charge is -2.37. The summed E-state index contributed by atoms with van der Waals surface area (Å²) in [4.78, 5) is 5.22. The first-order chi connectivity index (χ1) is 12.1. The minimum absolute atomic E-state index is 0.460. The zero-order chi connectivity index (χ0) is 18.2. The Balaban J connectivity index is 0.00000109. The molecule has 1 aromatic heterocycles. The summed E-state index contributed by atoms with van der Waals surface area (Å²) < 4.78 is 2.00. The van der Waals surface area contributed by atoms with Crippen molar-refractivity contribution in [1.82, 2.24) is 24.8 Å². The molecule has 0 unspecified atom stereocenters. The molecule has 25 heavy (non-hydrogen) atoms. The quantitative estimate of drug-likeness (QED) is 0.809. The van der Waals surface area contributed by atoms with Crippen LogP contribution in [0, 0.1) is 11.8 Å². The van der Waals surface area contributed by atoms with E-state index in [0.29, 0.717) is 5.92 Å². The zero-order valence-corrected chi connectivity index (χ0v) is 17.1. The van der Waals surface area contributed by atoms with E-state index in [1.54, 1.807) is 0 Å². The average Bonchev–Trinajstić information content (AvgIpc) is 3.09. The molecule has 144 valence electrons. The summed E-state index contributed by atoms with van der Waals surface area (Å²) in [6, 6.07) is 0. The highest BCUT2D eigenvalue weighted by Gasteiger charge is 2.23. The van der Waals surface area contributed by atoms with E-state index in [9.17, 15) is 0 Å². The lowest BCUT2D eigenvalue weighted by Crippen LogP contribution is -2.41. The van der Waals surface area contributed by atoms with Crippen molar-refractivity contribution in [2.24, 2.45) is 11.8 Å². The largest absolute Gasteiger partial charge is 0.303 e. The van der Waals surface area contributed by atoms with Crippen LogP contribution in [0.2, 0.25) is 0 Å². The first-order valence-electron chi connectivity index (χ1n) is 10.4. The molecule has 3 heterocycles. The molecule has 0 bridgehead atoms. The van der Waals surface area contributed by atoms with Gasteiger partial charge in [0.05, 0.1) is 18.6 Å². The van der Waals surface area contributed by atoms with Gasteiger partial charge in [-0.2, -0.15) is 0 Å². The van der Waals surface area contributed by atoms with Crippen molar-refractivity contribution in [2.45, 2.75) is 72.9 Å². The second kappa shape index (κ2) is 10.3. The maximum atomic E-state index is 4.27. The minimum Gasteiger partial charge on any atom is -0.303 e. The molecule has 3 rings (SSSR count). The third kappa shape index (κ3) is 6.37. The molecule has 0 aromatic carbocycles. The van der Waals surface area contributed by atoms with Gasteiger partial charge in [0, 0.05) is 19.6 Å². The van der Waals surface area contributed by atoms with Gasteiger partial charge in [0.15, 0.2) is 0 Å². The van der Waals surface area contributed by atoms with Crippen molar-refractivity contribution in [1.29, 1.82) is 0 Å². The third-order valence-electron chi connectivity index (χ3n) is 5.59. The van der Waals surface area contributed by atoms with Crippen LogP contribution < -0.4 is 0 Å². The fourth-order valence-electron chi connectivity index (χ4n) is 3.77. The fraction of sp³-hybridized carbons (Fsp3) is 0.900. The normalized spacial score (nSPS) is 21.4. The lowest BCUT2D eigenvalue weighted by atomic mass is 9.93. The van der Waals surface area contributed by atoms with Crippen LogP contribution in [0.15, 0.2) is 6.20 Å². The maximum Gasteiger partial charge on any atom is 0.0946 e. The Bertz CT molecular complexity index is 468. The molecule has 2 fully saturated rings. The van der Waals surface area contributed by atoms with E-state index in [0.717, 1.165) is 24.2 Å². The summed E-state index contributed by atoms with van der Waals surface area (Å²) in [6.07, 6.45) is 7.55. The van der Waals surface area contributed by atoms with Crippen LogP contribution >= 0.6 is 0 Å². The lowest BCUT2D eigenvalue weighted by molar-refractivity contribution is 0.102. The van der Waals surface area contributed by atoms with E-state index in [1.807, 2.05) is 18.5 Å². The molecule has 1 aromatic rings. The number of rotatable bonds is 5. The van der Waals surface area contributed by atoms with Gasteiger partial charge in [0.2, 0.25) is 0 Å². The molecule has 0 amide bonds. The number of likely N-dealkylation sites (tertiary alicyclic amines) is 2. The van der Waals surface area contributed by atoms with Gasteiger partial charge in [-0.15, -0.1) is 5.10 Å². The average molecular weight is 350 g/mol. The summed E-state index contributed by atoms with van der Waals surface area (Å²) in [5.74, 6) is 2.29. The van der Waals surface area contributed by atoms with E-state index in [-0.39, 0.29) is 0 Å². The van der Waals surface area contributed by atoms with Crippen molar-refractivity contribution in [3.8, 4) is 0 Å². The number of hydrogen-bond donors (Lipinski definition) is 0. The Labute approximate surface area is 154 Å². The van der Waals surface area contributed by atoms with Crippen molar-refractivity contribution in [3.05, 3.63) is 11.9 Å². The van der Waals surface area contributed by atoms with Crippen molar-refractivity contribution >= 4 is 0 Å². The zero-order valence-electron chi connectivity index (χ0n) is 17.1. The van der Waals surface area contributed by atoms with Gasteiger partial charge >= 0.3 is 0 Å². The summed E-state index contributed by atoms with van der Waals surface area (Å²) in [6.45, 7) is 18.0. The molecule has 2 aliphatic rings. The van der Waals surface area contributed by atoms with E-state index in [2.05, 4.69) is 47.1 Å². The van der Waals surface area contributed by atoms with Gasteiger partial charge in [0.25, 0.3) is 0 Å². The van der Waals surface area contributed by atoms with Gasteiger partial charge in [-0.25, -0.2) is 4.68 Å². The van der Waals surface area contributed by atoms with Crippen molar-refractivity contribution < 1.29 is 0 Å². The highest BCUT2D eigenvalue weighted by atomic mass is 15.5. The predicted molar refractivity (Wildman–Crippen MR) is 105 cm³/mol. The molecule has 0 saturated carbocycles. The predicted octanol–water partition coefficient (Wildman–Crippen LogP) is 3.83. The van der Waals surface area contributed by atoms with Crippen LogP contribution in [-0.4, -0.2) is 57.5 Å². The third-order valence-corrected chi connectivity index (χ3v) is 5.59. The van der Waals surface area contributed by atoms with Gasteiger partial charge in [-0.05, 0) is 56.5 Å². The van der Waals surface area contributed by atoms with E-state index in [1.165, 1.54) is 58.4 Å². The Morgan fingerprint density at radius 1 is 1.00 bits per heavy atom. The molecular formula is C20H39N5. The second-order valence-corrected chi connectivity index (χ2v) is 8.02. The molecule has 0 atom stereocenters. The molecule has 5 heteroatoms. The highest BCUT2D eigenvalue weighted by molar-refractivity contribution is 4.98. The number of aromatic nitrogens is 3. The van der Waals surface area contributed by atoms with Crippen LogP contribution in [0.3, 0.4) is 0 Å². The summed E-state index contributed by atoms with van der Waals surface area (Å²) in [5.41, 5.74) is 1.10. The standard InChI is InChI=1S/C18H33N5.C2H6/c1-15(2)18-13-23(20-19-18)14-22-10-6-17(7-11-22)12-21-8-4-16(3)5-9-21;1-2/h13,15-17H,4-12,14H2,1-3H3;1-2H3.